The Morgan fingerprint density at radius 3 is 2.33 bits per heavy atom. The molecule has 5 rings (SSSR count). The minimum atomic E-state index is -3.57. The van der Waals surface area contributed by atoms with Gasteiger partial charge in [0, 0.05) is 35.0 Å². The van der Waals surface area contributed by atoms with Crippen molar-refractivity contribution < 1.29 is 21.8 Å². The highest BCUT2D eigenvalue weighted by Gasteiger charge is 2.29. The number of halogens is 1. The van der Waals surface area contributed by atoms with Crippen LogP contribution in [0.5, 0.6) is 0 Å². The van der Waals surface area contributed by atoms with Crippen molar-refractivity contribution in [1.82, 2.24) is 14.1 Å². The quantitative estimate of drug-likeness (QED) is 0.595. The third kappa shape index (κ3) is 4.11. The fourth-order valence-electron chi connectivity index (χ4n) is 4.06. The zero-order valence-electron chi connectivity index (χ0n) is 17.5. The summed E-state index contributed by atoms with van der Waals surface area (Å²) in [5.74, 6) is 0.0772. The van der Waals surface area contributed by atoms with Gasteiger partial charge in [0.25, 0.3) is 5.91 Å². The van der Waals surface area contributed by atoms with Crippen LogP contribution in [0, 0.1) is 5.82 Å². The van der Waals surface area contributed by atoms with Crippen LogP contribution in [-0.2, 0) is 32.3 Å². The van der Waals surface area contributed by atoms with E-state index >= 15 is 0 Å². The van der Waals surface area contributed by atoms with Crippen LogP contribution < -0.4 is 5.32 Å². The Bertz CT molecular complexity index is 1350. The zero-order chi connectivity index (χ0) is 23.2. The van der Waals surface area contributed by atoms with Crippen molar-refractivity contribution in [3.63, 3.8) is 0 Å². The van der Waals surface area contributed by atoms with E-state index in [0.29, 0.717) is 35.9 Å². The second-order valence-corrected chi connectivity index (χ2v) is 11.4. The molecular formula is C22H21FN4O4S2. The van der Waals surface area contributed by atoms with E-state index in [9.17, 15) is 21.8 Å². The molecule has 3 aromatic rings. The summed E-state index contributed by atoms with van der Waals surface area (Å²) in [6, 6.07) is 11.5. The molecule has 8 nitrogen and oxygen atoms in total. The molecule has 2 aliphatic heterocycles. The highest BCUT2D eigenvalue weighted by molar-refractivity contribution is 7.89. The highest BCUT2D eigenvalue weighted by Crippen LogP contribution is 2.32. The molecule has 1 amide bonds. The van der Waals surface area contributed by atoms with Crippen molar-refractivity contribution in [3.05, 3.63) is 71.2 Å². The van der Waals surface area contributed by atoms with Gasteiger partial charge in [0.05, 0.1) is 27.8 Å². The number of benzene rings is 2. The molecule has 2 aromatic carbocycles. The van der Waals surface area contributed by atoms with E-state index < -0.39 is 32.5 Å². The molecule has 1 N–H and O–H groups in total. The lowest BCUT2D eigenvalue weighted by Crippen LogP contribution is -2.27. The van der Waals surface area contributed by atoms with Crippen LogP contribution in [0.1, 0.15) is 34.5 Å². The van der Waals surface area contributed by atoms with Crippen molar-refractivity contribution in [3.8, 4) is 5.69 Å². The van der Waals surface area contributed by atoms with Crippen LogP contribution in [0.3, 0.4) is 0 Å². The Kier molecular flexibility index (Phi) is 5.63. The standard InChI is InChI=1S/C22H21FN4O4S2/c23-16-5-7-17(8-6-16)27-21(19-13-32(29)14-20(19)25-27)24-22(28)15-3-9-18(10-4-15)33(30,31)26-11-1-2-12-26/h3-10H,1-2,11-14H2,(H,24,28)/t32-/m0/s1. The molecule has 1 atom stereocenters. The lowest BCUT2D eigenvalue weighted by molar-refractivity contribution is 0.102. The maximum atomic E-state index is 13.4. The van der Waals surface area contributed by atoms with Crippen molar-refractivity contribution in [2.45, 2.75) is 29.2 Å². The molecule has 0 bridgehead atoms. The van der Waals surface area contributed by atoms with Gasteiger partial charge in [0.15, 0.2) is 0 Å². The molecule has 0 unspecified atom stereocenters. The first-order chi connectivity index (χ1) is 15.8. The molecule has 3 heterocycles. The number of fused-ring (bicyclic) bond motifs is 1. The first-order valence-corrected chi connectivity index (χ1v) is 13.4. The summed E-state index contributed by atoms with van der Waals surface area (Å²) in [6.45, 7) is 1.01. The smallest absolute Gasteiger partial charge is 0.256 e. The Morgan fingerprint density at radius 1 is 1.00 bits per heavy atom. The molecule has 1 saturated heterocycles. The SMILES string of the molecule is O=C(Nc1c2c(nn1-c1ccc(F)cc1)C[S@@](=O)C2)c1ccc(S(=O)(=O)N2CCCC2)cc1. The summed E-state index contributed by atoms with van der Waals surface area (Å²) < 4.78 is 53.8. The summed E-state index contributed by atoms with van der Waals surface area (Å²) in [4.78, 5) is 13.1. The number of amides is 1. The first-order valence-electron chi connectivity index (χ1n) is 10.5. The average molecular weight is 489 g/mol. The van der Waals surface area contributed by atoms with E-state index in [2.05, 4.69) is 10.4 Å². The first kappa shape index (κ1) is 21.9. The minimum absolute atomic E-state index is 0.147. The van der Waals surface area contributed by atoms with Gasteiger partial charge in [-0.05, 0) is 61.4 Å². The molecule has 0 radical (unpaired) electrons. The maximum Gasteiger partial charge on any atom is 0.256 e. The number of carbonyl (C=O) groups is 1. The Balaban J connectivity index is 1.43. The molecule has 1 fully saturated rings. The van der Waals surface area contributed by atoms with Crippen LogP contribution in [0.25, 0.3) is 5.69 Å². The van der Waals surface area contributed by atoms with Crippen molar-refractivity contribution in [1.29, 1.82) is 0 Å². The molecule has 0 spiro atoms. The van der Waals surface area contributed by atoms with Crippen LogP contribution in [-0.4, -0.2) is 45.7 Å². The van der Waals surface area contributed by atoms with E-state index in [1.165, 1.54) is 45.4 Å². The summed E-state index contributed by atoms with van der Waals surface area (Å²) in [5.41, 5.74) is 2.13. The Hall–Kier alpha value is -2.89. The maximum absolute atomic E-state index is 13.4. The third-order valence-electron chi connectivity index (χ3n) is 5.79. The molecule has 11 heteroatoms. The van der Waals surface area contributed by atoms with Gasteiger partial charge in [0.1, 0.15) is 11.6 Å². The number of aromatic nitrogens is 2. The van der Waals surface area contributed by atoms with E-state index in [1.807, 2.05) is 0 Å². The number of sulfonamides is 1. The predicted octanol–water partition coefficient (Wildman–Crippen LogP) is 2.81. The second-order valence-electron chi connectivity index (χ2n) is 7.98. The fraction of sp³-hybridized carbons (Fsp3) is 0.273. The lowest BCUT2D eigenvalue weighted by Gasteiger charge is -2.15. The summed E-state index contributed by atoms with van der Waals surface area (Å²) in [6.07, 6.45) is 1.69. The fourth-order valence-corrected chi connectivity index (χ4v) is 6.84. The van der Waals surface area contributed by atoms with E-state index in [-0.39, 0.29) is 22.0 Å². The Morgan fingerprint density at radius 2 is 1.67 bits per heavy atom. The van der Waals surface area contributed by atoms with Gasteiger partial charge in [0.2, 0.25) is 10.0 Å². The number of hydrogen-bond donors (Lipinski definition) is 1. The van der Waals surface area contributed by atoms with Gasteiger partial charge >= 0.3 is 0 Å². The molecule has 0 aliphatic carbocycles. The topological polar surface area (TPSA) is 101 Å². The normalized spacial score (nSPS) is 18.4. The summed E-state index contributed by atoms with van der Waals surface area (Å²) in [7, 11) is -4.67. The Labute approximate surface area is 192 Å². The molecule has 2 aliphatic rings. The van der Waals surface area contributed by atoms with Gasteiger partial charge in [-0.2, -0.15) is 9.40 Å². The van der Waals surface area contributed by atoms with Crippen LogP contribution in [0.2, 0.25) is 0 Å². The molecule has 1 aromatic heterocycles. The number of nitrogens with zero attached hydrogens (tertiary/aromatic N) is 3. The van der Waals surface area contributed by atoms with Crippen molar-refractivity contribution in [2.75, 3.05) is 18.4 Å². The van der Waals surface area contributed by atoms with Crippen molar-refractivity contribution >= 4 is 32.5 Å². The van der Waals surface area contributed by atoms with Gasteiger partial charge in [-0.1, -0.05) is 0 Å². The summed E-state index contributed by atoms with van der Waals surface area (Å²) in [5, 5.41) is 7.31. The lowest BCUT2D eigenvalue weighted by atomic mass is 10.2. The van der Waals surface area contributed by atoms with E-state index in [4.69, 9.17) is 0 Å². The molecule has 33 heavy (non-hydrogen) atoms. The zero-order valence-corrected chi connectivity index (χ0v) is 19.2. The van der Waals surface area contributed by atoms with Gasteiger partial charge in [-0.15, -0.1) is 0 Å². The number of anilines is 1. The van der Waals surface area contributed by atoms with Crippen molar-refractivity contribution in [2.24, 2.45) is 0 Å². The largest absolute Gasteiger partial charge is 0.306 e. The van der Waals surface area contributed by atoms with Gasteiger partial charge < -0.3 is 5.32 Å². The van der Waals surface area contributed by atoms with Crippen LogP contribution in [0.4, 0.5) is 10.2 Å². The number of nitrogens with one attached hydrogen (secondary N) is 1. The monoisotopic (exact) mass is 488 g/mol. The van der Waals surface area contributed by atoms with Crippen LogP contribution in [0.15, 0.2) is 53.4 Å². The van der Waals surface area contributed by atoms with Crippen LogP contribution >= 0.6 is 0 Å². The predicted molar refractivity (Wildman–Crippen MR) is 121 cm³/mol. The van der Waals surface area contributed by atoms with E-state index in [0.717, 1.165) is 12.8 Å². The van der Waals surface area contributed by atoms with Gasteiger partial charge in [-0.3, -0.25) is 9.00 Å². The molecule has 172 valence electrons. The second kappa shape index (κ2) is 8.47. The molecular weight excluding hydrogens is 467 g/mol. The minimum Gasteiger partial charge on any atom is -0.306 e. The summed E-state index contributed by atoms with van der Waals surface area (Å²) >= 11 is 0. The van der Waals surface area contributed by atoms with E-state index in [1.54, 1.807) is 12.1 Å². The number of carbonyl (C=O) groups excluding carboxylic acids is 1. The number of hydrogen-bond acceptors (Lipinski definition) is 5. The third-order valence-corrected chi connectivity index (χ3v) is 8.91. The van der Waals surface area contributed by atoms with Gasteiger partial charge in [-0.25, -0.2) is 17.5 Å². The average Bonchev–Trinajstić information content (AvgIpc) is 3.53. The highest BCUT2D eigenvalue weighted by atomic mass is 32.2. The number of rotatable bonds is 5. The molecule has 0 saturated carbocycles.